The zero-order valence-corrected chi connectivity index (χ0v) is 16.0. The molecule has 0 N–H and O–H groups in total. The summed E-state index contributed by atoms with van der Waals surface area (Å²) < 4.78 is 27.3. The first-order chi connectivity index (χ1) is 10.6. The van der Waals surface area contributed by atoms with Crippen LogP contribution in [0, 0.1) is 0 Å². The van der Waals surface area contributed by atoms with Gasteiger partial charge in [-0.3, -0.25) is 9.36 Å². The van der Waals surface area contributed by atoms with Crippen molar-refractivity contribution in [2.45, 2.75) is 52.1 Å². The van der Waals surface area contributed by atoms with Crippen molar-refractivity contribution in [2.24, 2.45) is 0 Å². The summed E-state index contributed by atoms with van der Waals surface area (Å²) in [6.45, 7) is 4.16. The van der Waals surface area contributed by atoms with Crippen LogP contribution in [0.1, 0.15) is 46.0 Å². The van der Waals surface area contributed by atoms with Crippen molar-refractivity contribution in [3.8, 4) is 0 Å². The molecule has 0 aromatic rings. The van der Waals surface area contributed by atoms with E-state index < -0.39 is 13.9 Å². The third-order valence-corrected chi connectivity index (χ3v) is 4.11. The second kappa shape index (κ2) is 11.2. The molecule has 0 saturated heterocycles. The van der Waals surface area contributed by atoms with Crippen molar-refractivity contribution in [3.05, 3.63) is 0 Å². The normalized spacial score (nSPS) is 15.9. The molecule has 0 heterocycles. The number of nitrogens with zero attached hydrogens (tertiary/aromatic N) is 1. The van der Waals surface area contributed by atoms with Crippen LogP contribution >= 0.6 is 7.82 Å². The highest BCUT2D eigenvalue weighted by Gasteiger charge is 2.19. The lowest BCUT2D eigenvalue weighted by atomic mass is 10.1. The second-order valence-electron chi connectivity index (χ2n) is 6.55. The van der Waals surface area contributed by atoms with Crippen LogP contribution in [0.2, 0.25) is 0 Å². The largest absolute Gasteiger partial charge is 0.756 e. The molecule has 23 heavy (non-hydrogen) atoms. The summed E-state index contributed by atoms with van der Waals surface area (Å²) >= 11 is 0. The fraction of sp³-hybridized carbons (Fsp3) is 0.933. The minimum atomic E-state index is -4.37. The highest BCUT2D eigenvalue weighted by atomic mass is 31.2. The Morgan fingerprint density at radius 2 is 1.83 bits per heavy atom. The summed E-state index contributed by atoms with van der Waals surface area (Å²) in [5.74, 6) is -0.359. The molecule has 0 aromatic heterocycles. The Labute approximate surface area is 140 Å². The van der Waals surface area contributed by atoms with Crippen LogP contribution in [0.15, 0.2) is 0 Å². The van der Waals surface area contributed by atoms with Crippen molar-refractivity contribution in [1.29, 1.82) is 0 Å². The fourth-order valence-electron chi connectivity index (χ4n) is 1.71. The quantitative estimate of drug-likeness (QED) is 0.218. The van der Waals surface area contributed by atoms with Gasteiger partial charge in [-0.15, -0.1) is 0 Å². The van der Waals surface area contributed by atoms with Gasteiger partial charge in [0, 0.05) is 6.42 Å². The maximum atomic E-state index is 11.7. The molecule has 0 saturated carbocycles. The fourth-order valence-corrected chi connectivity index (χ4v) is 2.43. The third-order valence-electron chi connectivity index (χ3n) is 3.15. The molecule has 0 aliphatic heterocycles. The lowest BCUT2D eigenvalue weighted by Gasteiger charge is -2.28. The standard InChI is InChI=1S/C15H32NO6P/c1-6-8-9-10-14(22-15(17)7-2)13-21-23(18,19)20-12-11-16(3,4)5/h14H,6-13H2,1-5H3. The average molecular weight is 353 g/mol. The number of phosphoric acid groups is 1. The van der Waals surface area contributed by atoms with Crippen molar-refractivity contribution in [3.63, 3.8) is 0 Å². The van der Waals surface area contributed by atoms with Crippen molar-refractivity contribution in [1.82, 2.24) is 0 Å². The molecule has 0 bridgehead atoms. The molecule has 7 nitrogen and oxygen atoms in total. The number of quaternary nitrogens is 1. The minimum Gasteiger partial charge on any atom is -0.756 e. The van der Waals surface area contributed by atoms with Crippen LogP contribution in [0.4, 0.5) is 0 Å². The predicted octanol–water partition coefficient (Wildman–Crippen LogP) is 2.10. The van der Waals surface area contributed by atoms with Gasteiger partial charge in [-0.1, -0.05) is 26.7 Å². The highest BCUT2D eigenvalue weighted by molar-refractivity contribution is 7.45. The number of ether oxygens (including phenoxy) is 1. The summed E-state index contributed by atoms with van der Waals surface area (Å²) in [5.41, 5.74) is 0. The summed E-state index contributed by atoms with van der Waals surface area (Å²) in [6, 6.07) is 0. The van der Waals surface area contributed by atoms with Gasteiger partial charge in [0.15, 0.2) is 0 Å². The number of likely N-dealkylation sites (N-methyl/N-ethyl adjacent to an activating group) is 1. The van der Waals surface area contributed by atoms with Gasteiger partial charge in [-0.25, -0.2) is 0 Å². The molecule has 0 amide bonds. The number of carbonyl (C=O) groups is 1. The number of carbonyl (C=O) groups excluding carboxylic acids is 1. The van der Waals surface area contributed by atoms with Gasteiger partial charge in [0.05, 0.1) is 27.7 Å². The monoisotopic (exact) mass is 353 g/mol. The first kappa shape index (κ1) is 22.5. The molecule has 0 rings (SSSR count). The van der Waals surface area contributed by atoms with Crippen LogP contribution in [-0.4, -0.2) is 57.5 Å². The van der Waals surface area contributed by atoms with Crippen molar-refractivity contribution < 1.29 is 32.5 Å². The summed E-state index contributed by atoms with van der Waals surface area (Å²) in [7, 11) is 1.44. The zero-order chi connectivity index (χ0) is 17.9. The Bertz CT molecular complexity index is 383. The molecule has 138 valence electrons. The number of phosphoric ester groups is 1. The molecule has 2 atom stereocenters. The lowest BCUT2D eigenvalue weighted by Crippen LogP contribution is -2.37. The summed E-state index contributed by atoms with van der Waals surface area (Å²) in [4.78, 5) is 23.1. The van der Waals surface area contributed by atoms with Crippen LogP contribution < -0.4 is 4.89 Å². The predicted molar refractivity (Wildman–Crippen MR) is 86.7 cm³/mol. The van der Waals surface area contributed by atoms with E-state index in [2.05, 4.69) is 6.92 Å². The zero-order valence-electron chi connectivity index (χ0n) is 15.1. The lowest BCUT2D eigenvalue weighted by molar-refractivity contribution is -0.870. The van der Waals surface area contributed by atoms with Gasteiger partial charge in [0.2, 0.25) is 0 Å². The van der Waals surface area contributed by atoms with E-state index in [9.17, 15) is 14.3 Å². The van der Waals surface area contributed by atoms with E-state index in [-0.39, 0.29) is 25.6 Å². The number of esters is 1. The number of hydrogen-bond acceptors (Lipinski definition) is 6. The number of hydrogen-bond donors (Lipinski definition) is 0. The molecule has 8 heteroatoms. The molecule has 0 aromatic carbocycles. The second-order valence-corrected chi connectivity index (χ2v) is 7.96. The average Bonchev–Trinajstić information content (AvgIpc) is 2.43. The third kappa shape index (κ3) is 13.7. The van der Waals surface area contributed by atoms with Crippen molar-refractivity contribution in [2.75, 3.05) is 40.9 Å². The summed E-state index contributed by atoms with van der Waals surface area (Å²) in [6.07, 6.45) is 3.15. The maximum Gasteiger partial charge on any atom is 0.305 e. The Morgan fingerprint density at radius 1 is 1.17 bits per heavy atom. The Hall–Kier alpha value is -0.460. The molecule has 0 aliphatic rings. The molecule has 0 aliphatic carbocycles. The molecule has 0 spiro atoms. The number of rotatable bonds is 13. The molecule has 0 fully saturated rings. The topological polar surface area (TPSA) is 84.9 Å². The highest BCUT2D eigenvalue weighted by Crippen LogP contribution is 2.38. The first-order valence-electron chi connectivity index (χ1n) is 8.19. The smallest absolute Gasteiger partial charge is 0.305 e. The van der Waals surface area contributed by atoms with E-state index in [1.54, 1.807) is 6.92 Å². The summed E-state index contributed by atoms with van der Waals surface area (Å²) in [5, 5.41) is 0. The van der Waals surface area contributed by atoms with Crippen molar-refractivity contribution >= 4 is 13.8 Å². The van der Waals surface area contributed by atoms with Crippen LogP contribution in [0.5, 0.6) is 0 Å². The Morgan fingerprint density at radius 3 is 2.35 bits per heavy atom. The van der Waals surface area contributed by atoms with Gasteiger partial charge in [0.25, 0.3) is 7.82 Å². The molecule has 0 radical (unpaired) electrons. The minimum absolute atomic E-state index is 0.0551. The van der Waals surface area contributed by atoms with Gasteiger partial charge < -0.3 is 23.2 Å². The molecular weight excluding hydrogens is 321 g/mol. The van der Waals surface area contributed by atoms with E-state index in [0.29, 0.717) is 17.4 Å². The van der Waals surface area contributed by atoms with E-state index in [0.717, 1.165) is 19.3 Å². The Kier molecular flexibility index (Phi) is 10.9. The SMILES string of the molecule is CCCCCC(COP(=O)([O-])OCC[N+](C)(C)C)OC(=O)CC. The maximum absolute atomic E-state index is 11.7. The first-order valence-corrected chi connectivity index (χ1v) is 9.65. The number of unbranched alkanes of at least 4 members (excludes halogenated alkanes) is 2. The Balaban J connectivity index is 4.32. The van der Waals surface area contributed by atoms with E-state index in [4.69, 9.17) is 13.8 Å². The van der Waals surface area contributed by atoms with Gasteiger partial charge in [-0.2, -0.15) is 0 Å². The van der Waals surface area contributed by atoms with Gasteiger partial charge >= 0.3 is 5.97 Å². The molecule has 2 unspecified atom stereocenters. The van der Waals surface area contributed by atoms with E-state index >= 15 is 0 Å². The van der Waals surface area contributed by atoms with Gasteiger partial charge in [0.1, 0.15) is 19.3 Å². The van der Waals surface area contributed by atoms with E-state index in [1.165, 1.54) is 0 Å². The van der Waals surface area contributed by atoms with Crippen LogP contribution in [0.3, 0.4) is 0 Å². The van der Waals surface area contributed by atoms with E-state index in [1.807, 2.05) is 21.1 Å². The van der Waals surface area contributed by atoms with Gasteiger partial charge in [-0.05, 0) is 12.8 Å². The van der Waals surface area contributed by atoms with Crippen LogP contribution in [0.25, 0.3) is 0 Å². The van der Waals surface area contributed by atoms with Crippen LogP contribution in [-0.2, 0) is 23.1 Å². The molecular formula is C15H32NO6P.